The predicted octanol–water partition coefficient (Wildman–Crippen LogP) is 2.86. The summed E-state index contributed by atoms with van der Waals surface area (Å²) in [6.07, 6.45) is 1.00. The maximum atomic E-state index is 6.32. The van der Waals surface area contributed by atoms with E-state index in [4.69, 9.17) is 16.3 Å². The van der Waals surface area contributed by atoms with E-state index in [2.05, 4.69) is 17.2 Å². The van der Waals surface area contributed by atoms with E-state index >= 15 is 0 Å². The number of benzene rings is 1. The van der Waals surface area contributed by atoms with E-state index in [0.717, 1.165) is 34.6 Å². The minimum Gasteiger partial charge on any atom is -0.495 e. The molecule has 90 valence electrons. The highest BCUT2D eigenvalue weighted by Crippen LogP contribution is 2.36. The van der Waals surface area contributed by atoms with Gasteiger partial charge in [0.2, 0.25) is 0 Å². The van der Waals surface area contributed by atoms with E-state index < -0.39 is 0 Å². The summed E-state index contributed by atoms with van der Waals surface area (Å²) in [5.41, 5.74) is 3.57. The first-order valence-corrected chi connectivity index (χ1v) is 6.17. The van der Waals surface area contributed by atoms with Crippen LogP contribution in [0.5, 0.6) is 5.75 Å². The number of rotatable bonds is 1. The molecule has 0 saturated carbocycles. The molecule has 0 saturated heterocycles. The Balaban J connectivity index is 2.31. The van der Waals surface area contributed by atoms with E-state index in [1.165, 1.54) is 11.3 Å². The first kappa shape index (κ1) is 10.9. The van der Waals surface area contributed by atoms with E-state index in [0.29, 0.717) is 6.04 Å². The molecular formula is C13H15ClN2O. The van der Waals surface area contributed by atoms with Crippen LogP contribution in [0.1, 0.15) is 18.2 Å². The first-order chi connectivity index (χ1) is 8.20. The lowest BCUT2D eigenvalue weighted by Crippen LogP contribution is -2.32. The maximum absolute atomic E-state index is 6.32. The van der Waals surface area contributed by atoms with Crippen molar-refractivity contribution in [3.8, 4) is 5.75 Å². The Morgan fingerprint density at radius 3 is 3.00 bits per heavy atom. The Hall–Kier alpha value is -1.19. The second-order valence-corrected chi connectivity index (χ2v) is 4.98. The summed E-state index contributed by atoms with van der Waals surface area (Å²) >= 11 is 6.32. The normalized spacial score (nSPS) is 19.4. The standard InChI is InChI=1S/C13H15ClN2O/c1-7-5-8-10(6-15-7)16-13-11(17-2)4-3-9(14)12(8)13/h3-4,7,15-16H,5-6H2,1-2H3. The molecule has 0 amide bonds. The van der Waals surface area contributed by atoms with Crippen molar-refractivity contribution in [1.82, 2.24) is 10.3 Å². The number of nitrogens with one attached hydrogen (secondary N) is 2. The van der Waals surface area contributed by atoms with Crippen molar-refractivity contribution in [3.05, 3.63) is 28.4 Å². The summed E-state index contributed by atoms with van der Waals surface area (Å²) in [6, 6.07) is 4.30. The molecule has 1 aromatic heterocycles. The summed E-state index contributed by atoms with van der Waals surface area (Å²) in [7, 11) is 1.68. The van der Waals surface area contributed by atoms with Crippen LogP contribution in [0.4, 0.5) is 0 Å². The van der Waals surface area contributed by atoms with Crippen LogP contribution < -0.4 is 10.1 Å². The Morgan fingerprint density at radius 2 is 2.24 bits per heavy atom. The number of hydrogen-bond donors (Lipinski definition) is 2. The summed E-state index contributed by atoms with van der Waals surface area (Å²) in [4.78, 5) is 3.42. The minimum atomic E-state index is 0.490. The van der Waals surface area contributed by atoms with Crippen LogP contribution >= 0.6 is 11.6 Å². The third-order valence-corrected chi connectivity index (χ3v) is 3.73. The number of methoxy groups -OCH3 is 1. The van der Waals surface area contributed by atoms with Crippen molar-refractivity contribution in [1.29, 1.82) is 0 Å². The Kier molecular flexibility index (Phi) is 2.53. The smallest absolute Gasteiger partial charge is 0.143 e. The lowest BCUT2D eigenvalue weighted by atomic mass is 9.99. The number of halogens is 1. The number of aromatic amines is 1. The average molecular weight is 251 g/mol. The van der Waals surface area contributed by atoms with E-state index in [1.807, 2.05) is 12.1 Å². The number of H-pyrrole nitrogens is 1. The van der Waals surface area contributed by atoms with Gasteiger partial charge in [-0.15, -0.1) is 0 Å². The minimum absolute atomic E-state index is 0.490. The molecule has 1 unspecified atom stereocenters. The molecular weight excluding hydrogens is 236 g/mol. The average Bonchev–Trinajstić information content (AvgIpc) is 2.69. The molecule has 3 rings (SSSR count). The lowest BCUT2D eigenvalue weighted by Gasteiger charge is -2.20. The van der Waals surface area contributed by atoms with Crippen molar-refractivity contribution < 1.29 is 4.74 Å². The van der Waals surface area contributed by atoms with Crippen molar-refractivity contribution in [2.75, 3.05) is 7.11 Å². The van der Waals surface area contributed by atoms with Gasteiger partial charge < -0.3 is 15.0 Å². The van der Waals surface area contributed by atoms with E-state index in [-0.39, 0.29) is 0 Å². The first-order valence-electron chi connectivity index (χ1n) is 5.80. The monoisotopic (exact) mass is 250 g/mol. The van der Waals surface area contributed by atoms with Crippen molar-refractivity contribution in [2.24, 2.45) is 0 Å². The second kappa shape index (κ2) is 3.93. The second-order valence-electron chi connectivity index (χ2n) is 4.57. The zero-order valence-electron chi connectivity index (χ0n) is 9.93. The number of fused-ring (bicyclic) bond motifs is 3. The van der Waals surface area contributed by atoms with Crippen LogP contribution in [0.3, 0.4) is 0 Å². The summed E-state index contributed by atoms with van der Waals surface area (Å²) in [5.74, 6) is 0.853. The zero-order chi connectivity index (χ0) is 12.0. The molecule has 2 heterocycles. The van der Waals surface area contributed by atoms with Gasteiger partial charge in [0.15, 0.2) is 0 Å². The van der Waals surface area contributed by atoms with E-state index in [1.54, 1.807) is 7.11 Å². The van der Waals surface area contributed by atoms with Gasteiger partial charge in [-0.3, -0.25) is 0 Å². The van der Waals surface area contributed by atoms with Gasteiger partial charge in [0.1, 0.15) is 5.75 Å². The van der Waals surface area contributed by atoms with Crippen molar-refractivity contribution >= 4 is 22.5 Å². The van der Waals surface area contributed by atoms with E-state index in [9.17, 15) is 0 Å². The fraction of sp³-hybridized carbons (Fsp3) is 0.385. The molecule has 1 aromatic carbocycles. The van der Waals surface area contributed by atoms with Crippen LogP contribution in [0.25, 0.3) is 10.9 Å². The molecule has 0 bridgehead atoms. The maximum Gasteiger partial charge on any atom is 0.143 e. The zero-order valence-corrected chi connectivity index (χ0v) is 10.7. The summed E-state index contributed by atoms with van der Waals surface area (Å²) in [6.45, 7) is 3.06. The van der Waals surface area contributed by atoms with Crippen LogP contribution in [0.2, 0.25) is 5.02 Å². The molecule has 0 radical (unpaired) electrons. The Labute approximate surface area is 105 Å². The predicted molar refractivity (Wildman–Crippen MR) is 69.9 cm³/mol. The highest BCUT2D eigenvalue weighted by Gasteiger charge is 2.22. The van der Waals surface area contributed by atoms with Gasteiger partial charge in [-0.05, 0) is 31.0 Å². The third kappa shape index (κ3) is 1.61. The Bertz CT molecular complexity index is 576. The van der Waals surface area contributed by atoms with Crippen LogP contribution in [0, 0.1) is 0 Å². The summed E-state index contributed by atoms with van der Waals surface area (Å²) in [5, 5.41) is 5.36. The largest absolute Gasteiger partial charge is 0.495 e. The van der Waals surface area contributed by atoms with Crippen LogP contribution in [-0.4, -0.2) is 18.1 Å². The van der Waals surface area contributed by atoms with Gasteiger partial charge in [-0.1, -0.05) is 11.6 Å². The van der Waals surface area contributed by atoms with Gasteiger partial charge in [-0.25, -0.2) is 0 Å². The molecule has 17 heavy (non-hydrogen) atoms. The lowest BCUT2D eigenvalue weighted by molar-refractivity contribution is 0.419. The van der Waals surface area contributed by atoms with Gasteiger partial charge >= 0.3 is 0 Å². The fourth-order valence-corrected chi connectivity index (χ4v) is 2.83. The van der Waals surface area contributed by atoms with Gasteiger partial charge in [0, 0.05) is 23.7 Å². The molecule has 0 spiro atoms. The number of aromatic nitrogens is 1. The molecule has 2 N–H and O–H groups in total. The molecule has 0 aliphatic carbocycles. The summed E-state index contributed by atoms with van der Waals surface area (Å²) < 4.78 is 5.38. The number of ether oxygens (including phenoxy) is 1. The highest BCUT2D eigenvalue weighted by atomic mass is 35.5. The molecule has 1 aliphatic heterocycles. The molecule has 1 aliphatic rings. The van der Waals surface area contributed by atoms with Gasteiger partial charge in [-0.2, -0.15) is 0 Å². The number of hydrogen-bond acceptors (Lipinski definition) is 2. The van der Waals surface area contributed by atoms with Crippen LogP contribution in [0.15, 0.2) is 12.1 Å². The topological polar surface area (TPSA) is 37.0 Å². The molecule has 0 fully saturated rings. The fourth-order valence-electron chi connectivity index (χ4n) is 2.56. The SMILES string of the molecule is COc1ccc(Cl)c2c3c([nH]c12)CNC(C)C3. The Morgan fingerprint density at radius 1 is 1.41 bits per heavy atom. The highest BCUT2D eigenvalue weighted by molar-refractivity contribution is 6.36. The quantitative estimate of drug-likeness (QED) is 0.817. The molecule has 1 atom stereocenters. The molecule has 3 nitrogen and oxygen atoms in total. The van der Waals surface area contributed by atoms with Gasteiger partial charge in [0.05, 0.1) is 17.6 Å². The van der Waals surface area contributed by atoms with Crippen molar-refractivity contribution in [3.63, 3.8) is 0 Å². The van der Waals surface area contributed by atoms with Gasteiger partial charge in [0.25, 0.3) is 0 Å². The van der Waals surface area contributed by atoms with Crippen molar-refractivity contribution in [2.45, 2.75) is 25.9 Å². The molecule has 4 heteroatoms. The molecule has 2 aromatic rings. The third-order valence-electron chi connectivity index (χ3n) is 3.42. The van der Waals surface area contributed by atoms with Crippen LogP contribution in [-0.2, 0) is 13.0 Å².